The second-order valence-corrected chi connectivity index (χ2v) is 8.48. The molecule has 7 atom stereocenters. The largest absolute Gasteiger partial charge is 0.389 e. The van der Waals surface area contributed by atoms with E-state index in [0.29, 0.717) is 5.41 Å². The van der Waals surface area contributed by atoms with Crippen molar-refractivity contribution in [2.45, 2.75) is 71.3 Å². The molecule has 3 saturated carbocycles. The van der Waals surface area contributed by atoms with Crippen LogP contribution in [0.25, 0.3) is 0 Å². The molecule has 0 amide bonds. The van der Waals surface area contributed by atoms with Gasteiger partial charge >= 0.3 is 0 Å². The third-order valence-corrected chi connectivity index (χ3v) is 7.77. The number of hydrogen-bond acceptors (Lipinski definition) is 1. The fourth-order valence-electron chi connectivity index (χ4n) is 6.66. The van der Waals surface area contributed by atoms with Crippen LogP contribution in [-0.4, -0.2) is 11.2 Å². The number of aliphatic hydroxyl groups is 1. The zero-order valence-corrected chi connectivity index (χ0v) is 13.1. The van der Waals surface area contributed by atoms with Crippen molar-refractivity contribution < 1.29 is 5.11 Å². The molecule has 0 radical (unpaired) electrons. The monoisotopic (exact) mass is 274 g/mol. The molecule has 3 fully saturated rings. The third-order valence-electron chi connectivity index (χ3n) is 7.77. The highest BCUT2D eigenvalue weighted by Crippen LogP contribution is 2.62. The summed E-state index contributed by atoms with van der Waals surface area (Å²) in [5.41, 5.74) is 2.04. The van der Waals surface area contributed by atoms with Gasteiger partial charge in [0, 0.05) is 0 Å². The summed E-state index contributed by atoms with van der Waals surface area (Å²) in [5.74, 6) is 4.98. The van der Waals surface area contributed by atoms with Gasteiger partial charge in [-0.15, -0.1) is 0 Å². The molecule has 5 unspecified atom stereocenters. The fourth-order valence-corrected chi connectivity index (χ4v) is 6.66. The van der Waals surface area contributed by atoms with Crippen molar-refractivity contribution >= 4 is 0 Å². The Morgan fingerprint density at radius 2 is 1.80 bits per heavy atom. The van der Waals surface area contributed by atoms with Gasteiger partial charge in [0.1, 0.15) is 0 Å². The minimum Gasteiger partial charge on any atom is -0.389 e. The number of hydrogen-bond donors (Lipinski definition) is 1. The normalized spacial score (nSPS) is 54.6. The van der Waals surface area contributed by atoms with Crippen LogP contribution in [0, 0.1) is 35.0 Å². The molecule has 0 bridgehead atoms. The summed E-state index contributed by atoms with van der Waals surface area (Å²) in [6.07, 6.45) is 12.9. The smallest absolute Gasteiger partial charge is 0.0724 e. The molecule has 0 saturated heterocycles. The van der Waals surface area contributed by atoms with E-state index in [4.69, 9.17) is 0 Å². The third kappa shape index (κ3) is 1.78. The van der Waals surface area contributed by atoms with Gasteiger partial charge in [0.25, 0.3) is 0 Å². The predicted molar refractivity (Wildman–Crippen MR) is 82.3 cm³/mol. The van der Waals surface area contributed by atoms with Crippen LogP contribution in [0.2, 0.25) is 0 Å². The minimum atomic E-state index is -0.155. The Labute approximate surface area is 123 Å². The van der Waals surface area contributed by atoms with Gasteiger partial charge in [-0.25, -0.2) is 0 Å². The van der Waals surface area contributed by atoms with Gasteiger partial charge in [-0.2, -0.15) is 0 Å². The van der Waals surface area contributed by atoms with Crippen molar-refractivity contribution in [3.8, 4) is 0 Å². The molecule has 0 aromatic rings. The Morgan fingerprint density at radius 1 is 1.00 bits per heavy atom. The van der Waals surface area contributed by atoms with Crippen LogP contribution >= 0.6 is 0 Å². The first kappa shape index (κ1) is 13.4. The van der Waals surface area contributed by atoms with Gasteiger partial charge in [0.2, 0.25) is 0 Å². The molecule has 112 valence electrons. The summed E-state index contributed by atoms with van der Waals surface area (Å²) in [4.78, 5) is 0. The summed E-state index contributed by atoms with van der Waals surface area (Å²) < 4.78 is 0. The number of aliphatic hydroxyl groups excluding tert-OH is 1. The molecule has 4 aliphatic carbocycles. The van der Waals surface area contributed by atoms with Gasteiger partial charge in [0.05, 0.1) is 6.10 Å². The quantitative estimate of drug-likeness (QED) is 0.642. The molecule has 0 aliphatic heterocycles. The highest BCUT2D eigenvalue weighted by molar-refractivity contribution is 5.24. The number of fused-ring (bicyclic) bond motifs is 5. The Balaban J connectivity index is 1.64. The van der Waals surface area contributed by atoms with E-state index >= 15 is 0 Å². The first-order valence-corrected chi connectivity index (χ1v) is 8.99. The van der Waals surface area contributed by atoms with Gasteiger partial charge in [-0.1, -0.05) is 31.9 Å². The molecular weight excluding hydrogens is 244 g/mol. The second kappa shape index (κ2) is 4.60. The van der Waals surface area contributed by atoms with E-state index in [1.54, 1.807) is 5.57 Å². The van der Waals surface area contributed by atoms with Crippen LogP contribution < -0.4 is 0 Å². The Bertz CT molecular complexity index is 425. The zero-order chi connectivity index (χ0) is 13.9. The highest BCUT2D eigenvalue weighted by Gasteiger charge is 2.53. The Morgan fingerprint density at radius 3 is 2.65 bits per heavy atom. The van der Waals surface area contributed by atoms with Crippen molar-refractivity contribution in [1.82, 2.24) is 0 Å². The maximum Gasteiger partial charge on any atom is 0.0724 e. The molecule has 4 rings (SSSR count). The summed E-state index contributed by atoms with van der Waals surface area (Å²) in [6.45, 7) is 5.03. The summed E-state index contributed by atoms with van der Waals surface area (Å²) >= 11 is 0. The predicted octanol–water partition coefficient (Wildman–Crippen LogP) is 4.56. The lowest BCUT2D eigenvalue weighted by Gasteiger charge is -2.55. The molecule has 1 nitrogen and oxygen atoms in total. The van der Waals surface area contributed by atoms with Crippen LogP contribution in [0.5, 0.6) is 0 Å². The van der Waals surface area contributed by atoms with Gasteiger partial charge < -0.3 is 5.11 Å². The average Bonchev–Trinajstić information content (AvgIpc) is 2.82. The average molecular weight is 274 g/mol. The topological polar surface area (TPSA) is 20.2 Å². The molecular formula is C19H30O. The van der Waals surface area contributed by atoms with Crippen molar-refractivity contribution in [1.29, 1.82) is 0 Å². The molecule has 20 heavy (non-hydrogen) atoms. The van der Waals surface area contributed by atoms with E-state index in [1.165, 1.54) is 44.9 Å². The molecule has 0 spiro atoms. The fraction of sp³-hybridized carbons (Fsp3) is 0.895. The molecule has 0 aromatic heterocycles. The standard InChI is InChI=1S/C19H30O/c1-12-3-5-16-15(12)7-8-18-17(16)6-4-13-11-14(20)9-10-19(13,18)2/h11-12,14-18,20H,3-10H2,1-2H3/t12?,14-,15?,16?,17?,18?,19+/m1/s1. The lowest BCUT2D eigenvalue weighted by atomic mass is 9.49. The lowest BCUT2D eigenvalue weighted by Crippen LogP contribution is -2.47. The van der Waals surface area contributed by atoms with Crippen molar-refractivity contribution in [2.24, 2.45) is 35.0 Å². The van der Waals surface area contributed by atoms with Crippen molar-refractivity contribution in [3.63, 3.8) is 0 Å². The van der Waals surface area contributed by atoms with E-state index in [2.05, 4.69) is 19.9 Å². The van der Waals surface area contributed by atoms with E-state index < -0.39 is 0 Å². The molecule has 1 heteroatoms. The van der Waals surface area contributed by atoms with Crippen LogP contribution in [0.15, 0.2) is 11.6 Å². The van der Waals surface area contributed by atoms with Crippen LogP contribution in [0.1, 0.15) is 65.2 Å². The van der Waals surface area contributed by atoms with Crippen LogP contribution in [0.4, 0.5) is 0 Å². The molecule has 1 N–H and O–H groups in total. The van der Waals surface area contributed by atoms with E-state index in [9.17, 15) is 5.11 Å². The number of rotatable bonds is 0. The zero-order valence-electron chi connectivity index (χ0n) is 13.1. The van der Waals surface area contributed by atoms with E-state index in [0.717, 1.165) is 36.0 Å². The van der Waals surface area contributed by atoms with Crippen LogP contribution in [0.3, 0.4) is 0 Å². The van der Waals surface area contributed by atoms with E-state index in [-0.39, 0.29) is 6.10 Å². The van der Waals surface area contributed by atoms with Gasteiger partial charge in [0.15, 0.2) is 0 Å². The second-order valence-electron chi connectivity index (χ2n) is 8.48. The summed E-state index contributed by atoms with van der Waals surface area (Å²) in [7, 11) is 0. The first-order valence-electron chi connectivity index (χ1n) is 8.99. The molecule has 4 aliphatic rings. The molecule has 0 aromatic carbocycles. The SMILES string of the molecule is CC1CCC2C1CCC1C2CCC2=C[C@H](O)CC[C@@]21C. The van der Waals surface area contributed by atoms with Crippen molar-refractivity contribution in [3.05, 3.63) is 11.6 Å². The maximum atomic E-state index is 9.97. The number of allylic oxidation sites excluding steroid dienone is 1. The minimum absolute atomic E-state index is 0.155. The van der Waals surface area contributed by atoms with Crippen molar-refractivity contribution in [2.75, 3.05) is 0 Å². The van der Waals surface area contributed by atoms with Gasteiger partial charge in [-0.3, -0.25) is 0 Å². The summed E-state index contributed by atoms with van der Waals surface area (Å²) in [5, 5.41) is 9.97. The first-order chi connectivity index (χ1) is 9.59. The molecule has 0 heterocycles. The van der Waals surface area contributed by atoms with Crippen LogP contribution in [-0.2, 0) is 0 Å². The Kier molecular flexibility index (Phi) is 3.07. The van der Waals surface area contributed by atoms with E-state index in [1.807, 2.05) is 0 Å². The summed E-state index contributed by atoms with van der Waals surface area (Å²) in [6, 6.07) is 0. The highest BCUT2D eigenvalue weighted by atomic mass is 16.3. The Hall–Kier alpha value is -0.300. The van der Waals surface area contributed by atoms with Gasteiger partial charge in [-0.05, 0) is 80.0 Å². The lowest BCUT2D eigenvalue weighted by molar-refractivity contribution is -0.0131. The maximum absolute atomic E-state index is 9.97.